The fourth-order valence-electron chi connectivity index (χ4n) is 13.6. The molecule has 8 aromatic carbocycles. The molecule has 5 heterocycles. The fraction of sp³-hybridized carbons (Fsp3) is 0.205. The molecule has 3 aliphatic heterocycles. The van der Waals surface area contributed by atoms with Gasteiger partial charge in [-0.25, -0.2) is 4.98 Å². The van der Waals surface area contributed by atoms with E-state index in [9.17, 15) is 0 Å². The molecule has 0 saturated carbocycles. The second-order valence-corrected chi connectivity index (χ2v) is 29.7. The minimum absolute atomic E-state index is 0. The number of hydrogen-bond donors (Lipinski definition) is 2. The molecule has 7 nitrogen and oxygen atoms in total. The molecular weight excluding hydrogens is 1370 g/mol. The standard InChI is InChI=1S/C88H85B2N6O.Pt/c1-84(2,3)63-39-42-77-70(53-63)69-41-40-67(58-80(69)96(77)81-56-64(43-50-93-81)88(13,61-29-16-14-17-30-61)62-31-18-15-19-32-62)97-68-52-60(82-73(86(7,8)9)33-26-34-74(82)87(10,11)12)51-66(57-68)94-59-95(79-38-21-20-37-78(79)94)83-71(75-35-27-48-91-46-24-22-44-89-75)54-65(85(4,5)6)55-72(83)76-36-28-49-92-47-25-23-45-90-76;/h14-56,59,91-92H,1-13H3;/q-3;/b44-22-,45-23-,46-24-,47-25-,48-27-,49-28-,75-35-,76-36-;. The van der Waals surface area contributed by atoms with Gasteiger partial charge >= 0.3 is 0 Å². The van der Waals surface area contributed by atoms with Gasteiger partial charge in [0.25, 0.3) is 0 Å². The first-order valence-electron chi connectivity index (χ1n) is 33.8. The van der Waals surface area contributed by atoms with Gasteiger partial charge in [0.05, 0.1) is 0 Å². The van der Waals surface area contributed by atoms with Crippen molar-refractivity contribution in [1.29, 1.82) is 0 Å². The largest absolute Gasteiger partial charge is 0.509 e. The van der Waals surface area contributed by atoms with E-state index in [1.54, 1.807) is 0 Å². The van der Waals surface area contributed by atoms with Crippen molar-refractivity contribution in [2.45, 2.75) is 117 Å². The Kier molecular flexibility index (Phi) is 19.4. The SMILES string of the molecule is CC(C)(C)c1cc(/C2=C/C=C\N/C=C\C=C/[B]2)c(N2[CH-]N(c3[c-]c(Oc4[c-]c5c(cc4)c4cc(C(C)(C)C)ccc4n5-c4cc(C(C)(c5ccccc5)c5ccccc5)ccn4)cc(-c4c(C(C)(C)C)cccc4C(C)(C)C)c3)c3ccccc32)c(/C2=C/C=C\N/C=C\C=C/[B]2)c1.[Pt]. The van der Waals surface area contributed by atoms with Gasteiger partial charge in [-0.3, -0.25) is 0 Å². The molecule has 0 aliphatic carbocycles. The summed E-state index contributed by atoms with van der Waals surface area (Å²) in [6.07, 6.45) is 26.5. The number of nitrogens with zero attached hydrogens (tertiary/aromatic N) is 4. The molecule has 2 aromatic heterocycles. The first kappa shape index (κ1) is 68.4. The van der Waals surface area contributed by atoms with Crippen LogP contribution in [0.4, 0.5) is 22.7 Å². The van der Waals surface area contributed by atoms with Gasteiger partial charge in [-0.05, 0) is 156 Å². The molecule has 0 spiro atoms. The normalized spacial score (nSPS) is 17.4. The summed E-state index contributed by atoms with van der Waals surface area (Å²) in [5, 5.41) is 8.79. The zero-order valence-electron chi connectivity index (χ0n) is 58.6. The van der Waals surface area contributed by atoms with E-state index in [4.69, 9.17) is 9.72 Å². The summed E-state index contributed by atoms with van der Waals surface area (Å²) in [5.41, 5.74) is 19.4. The van der Waals surface area contributed by atoms with E-state index in [0.717, 1.165) is 83.6 Å². The van der Waals surface area contributed by atoms with E-state index in [0.29, 0.717) is 11.5 Å². The zero-order valence-corrected chi connectivity index (χ0v) is 60.8. The van der Waals surface area contributed by atoms with Crippen molar-refractivity contribution < 1.29 is 25.8 Å². The Morgan fingerprint density at radius 2 is 1.02 bits per heavy atom. The van der Waals surface area contributed by atoms with Gasteiger partial charge in [0.2, 0.25) is 0 Å². The first-order chi connectivity index (χ1) is 46.5. The molecule has 492 valence electrons. The maximum Gasteiger partial charge on any atom is 0.182 e. The summed E-state index contributed by atoms with van der Waals surface area (Å²) in [6.45, 7) is 32.1. The molecule has 0 amide bonds. The van der Waals surface area contributed by atoms with Crippen LogP contribution in [0.25, 0.3) is 49.7 Å². The van der Waals surface area contributed by atoms with E-state index in [1.807, 2.05) is 43.1 Å². The quantitative estimate of drug-likeness (QED) is 0.0994. The van der Waals surface area contributed by atoms with Crippen LogP contribution in [-0.2, 0) is 48.1 Å². The third kappa shape index (κ3) is 13.9. The Labute approximate surface area is 597 Å². The smallest absolute Gasteiger partial charge is 0.182 e. The van der Waals surface area contributed by atoms with Crippen molar-refractivity contribution >= 4 is 70.1 Å². The van der Waals surface area contributed by atoms with Crippen molar-refractivity contribution in [2.75, 3.05) is 9.80 Å². The molecule has 2 N–H and O–H groups in total. The summed E-state index contributed by atoms with van der Waals surface area (Å²) < 4.78 is 9.69. The monoisotopic (exact) mass is 1460 g/mol. The van der Waals surface area contributed by atoms with Crippen molar-refractivity contribution in [1.82, 2.24) is 20.2 Å². The molecule has 13 rings (SSSR count). The Balaban J connectivity index is 0.00000914. The number of benzene rings is 8. The number of hydrogen-bond acceptors (Lipinski definition) is 6. The number of ether oxygens (including phenoxy) is 1. The maximum atomic E-state index is 7.41. The number of pyridine rings is 1. The molecule has 2 radical (unpaired) electrons. The van der Waals surface area contributed by atoms with Crippen LogP contribution in [0.3, 0.4) is 0 Å². The average molecular weight is 1460 g/mol. The predicted molar refractivity (Wildman–Crippen MR) is 411 cm³/mol. The van der Waals surface area contributed by atoms with E-state index in [2.05, 4.69) is 367 Å². The minimum atomic E-state index is -0.498. The van der Waals surface area contributed by atoms with E-state index in [-0.39, 0.29) is 42.7 Å². The molecule has 98 heavy (non-hydrogen) atoms. The van der Waals surface area contributed by atoms with Crippen molar-refractivity contribution in [3.8, 4) is 28.4 Å². The van der Waals surface area contributed by atoms with Crippen LogP contribution in [0, 0.1) is 18.8 Å². The Bertz CT molecular complexity index is 4740. The summed E-state index contributed by atoms with van der Waals surface area (Å²) in [6, 6.07) is 69.8. The van der Waals surface area contributed by atoms with Gasteiger partial charge in [-0.2, -0.15) is 6.07 Å². The van der Waals surface area contributed by atoms with Crippen molar-refractivity contribution in [2.24, 2.45) is 0 Å². The van der Waals surface area contributed by atoms with Crippen LogP contribution in [0.1, 0.15) is 140 Å². The number of allylic oxidation sites excluding steroid dienone is 8. The fourth-order valence-corrected chi connectivity index (χ4v) is 13.6. The molecule has 0 saturated heterocycles. The van der Waals surface area contributed by atoms with Crippen LogP contribution >= 0.6 is 0 Å². The van der Waals surface area contributed by atoms with Gasteiger partial charge in [-0.15, -0.1) is 65.6 Å². The molecule has 10 heteroatoms. The Morgan fingerprint density at radius 3 is 1.59 bits per heavy atom. The zero-order chi connectivity index (χ0) is 67.9. The maximum absolute atomic E-state index is 7.41. The molecule has 10 aromatic rings. The first-order valence-corrected chi connectivity index (χ1v) is 33.8. The van der Waals surface area contributed by atoms with Crippen LogP contribution in [-0.4, -0.2) is 24.1 Å². The van der Waals surface area contributed by atoms with Crippen molar-refractivity contribution in [3.05, 3.63) is 330 Å². The second kappa shape index (κ2) is 27.8. The summed E-state index contributed by atoms with van der Waals surface area (Å²) in [5.74, 6) is 6.13. The number of aromatic nitrogens is 2. The van der Waals surface area contributed by atoms with E-state index < -0.39 is 5.41 Å². The van der Waals surface area contributed by atoms with Crippen molar-refractivity contribution in [3.63, 3.8) is 0 Å². The summed E-state index contributed by atoms with van der Waals surface area (Å²) >= 11 is 0. The van der Waals surface area contributed by atoms with Gasteiger partial charge in [0, 0.05) is 91.6 Å². The van der Waals surface area contributed by atoms with E-state index >= 15 is 0 Å². The van der Waals surface area contributed by atoms with Gasteiger partial charge in [-0.1, -0.05) is 227 Å². The number of anilines is 4. The molecule has 0 bridgehead atoms. The van der Waals surface area contributed by atoms with E-state index in [1.165, 1.54) is 38.9 Å². The van der Waals surface area contributed by atoms with Gasteiger partial charge in [0.1, 0.15) is 5.82 Å². The molecular formula is C88H85B2N6OPt-3. The molecule has 0 atom stereocenters. The predicted octanol–water partition coefficient (Wildman–Crippen LogP) is 21.6. The minimum Gasteiger partial charge on any atom is -0.509 e. The molecule has 0 fully saturated rings. The van der Waals surface area contributed by atoms with Crippen LogP contribution in [0.2, 0.25) is 0 Å². The Morgan fingerprint density at radius 1 is 0.459 bits per heavy atom. The molecule has 0 unspecified atom stereocenters. The Hall–Kier alpha value is -9.55. The molecule has 3 aliphatic rings. The third-order valence-electron chi connectivity index (χ3n) is 18.8. The van der Waals surface area contributed by atoms with Crippen LogP contribution in [0.5, 0.6) is 11.5 Å². The average Bonchev–Trinajstić information content (AvgIpc) is 1.46. The number of fused-ring (bicyclic) bond motifs is 4. The number of rotatable bonds is 11. The summed E-state index contributed by atoms with van der Waals surface area (Å²) in [4.78, 5) is 9.91. The second-order valence-electron chi connectivity index (χ2n) is 29.7. The number of para-hydroxylation sites is 2. The topological polar surface area (TPSA) is 57.6 Å². The number of nitrogens with one attached hydrogen (secondary N) is 2. The van der Waals surface area contributed by atoms with Crippen LogP contribution < -0.4 is 25.2 Å². The third-order valence-corrected chi connectivity index (χ3v) is 18.8. The van der Waals surface area contributed by atoms with Gasteiger partial charge < -0.3 is 29.7 Å². The summed E-state index contributed by atoms with van der Waals surface area (Å²) in [7, 11) is 4.43. The van der Waals surface area contributed by atoms with Gasteiger partial charge in [0.15, 0.2) is 14.6 Å². The van der Waals surface area contributed by atoms with Crippen LogP contribution in [0.15, 0.2) is 261 Å².